The van der Waals surface area contributed by atoms with E-state index in [-0.39, 0.29) is 23.6 Å². The first-order valence-electron chi connectivity index (χ1n) is 11.3. The van der Waals surface area contributed by atoms with Crippen molar-refractivity contribution < 1.29 is 9.53 Å². The van der Waals surface area contributed by atoms with Crippen molar-refractivity contribution in [1.82, 2.24) is 25.8 Å². The Balaban J connectivity index is 1.22. The summed E-state index contributed by atoms with van der Waals surface area (Å²) < 4.78 is 5.34. The monoisotopic (exact) mass is 428 g/mol. The van der Waals surface area contributed by atoms with E-state index in [0.29, 0.717) is 18.1 Å². The molecule has 3 saturated heterocycles. The molecule has 166 valence electrons. The van der Waals surface area contributed by atoms with Crippen LogP contribution in [0.4, 0.5) is 0 Å². The van der Waals surface area contributed by atoms with Crippen molar-refractivity contribution in [2.24, 2.45) is 5.73 Å². The fourth-order valence-corrected chi connectivity index (χ4v) is 5.66. The van der Waals surface area contributed by atoms with Crippen molar-refractivity contribution in [3.05, 3.63) is 0 Å². The number of nitrogens with one attached hydrogen (secondary N) is 3. The Morgan fingerprint density at radius 2 is 1.69 bits per heavy atom. The lowest BCUT2D eigenvalue weighted by Crippen LogP contribution is -2.72. The molecule has 5 N–H and O–H groups in total. The van der Waals surface area contributed by atoms with E-state index in [4.69, 9.17) is 22.1 Å². The summed E-state index contributed by atoms with van der Waals surface area (Å²) in [7, 11) is 0. The van der Waals surface area contributed by atoms with Crippen molar-refractivity contribution in [3.8, 4) is 0 Å². The zero-order chi connectivity index (χ0) is 20.4. The van der Waals surface area contributed by atoms with Gasteiger partial charge in [-0.1, -0.05) is 6.92 Å². The topological polar surface area (TPSA) is 94.9 Å². The summed E-state index contributed by atoms with van der Waals surface area (Å²) in [6.45, 7) is 8.55. The van der Waals surface area contributed by atoms with E-state index in [9.17, 15) is 4.79 Å². The zero-order valence-electron chi connectivity index (χ0n) is 17.5. The van der Waals surface area contributed by atoms with Gasteiger partial charge in [-0.25, -0.2) is 0 Å². The number of alkyl halides is 1. The Hall–Kier alpha value is -0.480. The molecule has 0 spiro atoms. The van der Waals surface area contributed by atoms with Crippen LogP contribution >= 0.6 is 11.6 Å². The summed E-state index contributed by atoms with van der Waals surface area (Å²) >= 11 is 6.45. The van der Waals surface area contributed by atoms with E-state index < -0.39 is 6.04 Å². The second-order valence-electron chi connectivity index (χ2n) is 9.04. The Morgan fingerprint density at radius 3 is 2.21 bits per heavy atom. The number of piperazine rings is 2. The van der Waals surface area contributed by atoms with E-state index in [2.05, 4.69) is 32.7 Å². The standard InChI is InChI=1S/C20H37ClN6O2/c1-2-16-18(21)25-20(17(24-16)19(22)28)23-13-3-5-14(6-4-13)26-7-9-27(10-8-26)15-11-29-12-15/h13-18,20,23-25H,2-12H2,1H3,(H2,22,28). The Bertz CT molecular complexity index is 549. The average Bonchev–Trinajstić information content (AvgIpc) is 2.68. The number of hydrogen-bond donors (Lipinski definition) is 4. The lowest BCUT2D eigenvalue weighted by atomic mass is 9.89. The fraction of sp³-hybridized carbons (Fsp3) is 0.950. The fourth-order valence-electron chi connectivity index (χ4n) is 5.27. The molecule has 0 aromatic carbocycles. The second-order valence-corrected chi connectivity index (χ2v) is 9.51. The highest BCUT2D eigenvalue weighted by atomic mass is 35.5. The van der Waals surface area contributed by atoms with E-state index in [1.54, 1.807) is 0 Å². The van der Waals surface area contributed by atoms with Crippen LogP contribution in [-0.2, 0) is 9.53 Å². The summed E-state index contributed by atoms with van der Waals surface area (Å²) in [5, 5.41) is 10.3. The van der Waals surface area contributed by atoms with E-state index >= 15 is 0 Å². The van der Waals surface area contributed by atoms with Crippen molar-refractivity contribution in [1.29, 1.82) is 0 Å². The Kier molecular flexibility index (Phi) is 7.32. The highest BCUT2D eigenvalue weighted by Crippen LogP contribution is 2.26. The van der Waals surface area contributed by atoms with E-state index in [1.165, 1.54) is 39.0 Å². The van der Waals surface area contributed by atoms with Crippen LogP contribution < -0.4 is 21.7 Å². The minimum Gasteiger partial charge on any atom is -0.378 e. The molecule has 0 bridgehead atoms. The van der Waals surface area contributed by atoms with E-state index in [0.717, 1.165) is 32.5 Å². The van der Waals surface area contributed by atoms with Crippen LogP contribution in [0.2, 0.25) is 0 Å². The van der Waals surface area contributed by atoms with Gasteiger partial charge in [0.25, 0.3) is 0 Å². The highest BCUT2D eigenvalue weighted by molar-refractivity contribution is 6.21. The van der Waals surface area contributed by atoms with Crippen LogP contribution in [0.1, 0.15) is 39.0 Å². The summed E-state index contributed by atoms with van der Waals surface area (Å²) in [5.41, 5.74) is 5.44. The molecule has 1 aliphatic carbocycles. The summed E-state index contributed by atoms with van der Waals surface area (Å²) in [6.07, 6.45) is 5.28. The molecule has 1 saturated carbocycles. The van der Waals surface area contributed by atoms with Gasteiger partial charge in [0.15, 0.2) is 0 Å². The normalized spacial score (nSPS) is 40.5. The van der Waals surface area contributed by atoms with Gasteiger partial charge in [0.05, 0.1) is 30.9 Å². The molecule has 8 nitrogen and oxygen atoms in total. The second kappa shape index (κ2) is 9.77. The molecule has 0 radical (unpaired) electrons. The molecule has 3 heterocycles. The van der Waals surface area contributed by atoms with Gasteiger partial charge in [0, 0.05) is 44.3 Å². The number of rotatable bonds is 6. The quantitative estimate of drug-likeness (QED) is 0.338. The molecule has 4 atom stereocenters. The predicted molar refractivity (Wildman–Crippen MR) is 114 cm³/mol. The number of primary amides is 1. The van der Waals surface area contributed by atoms with Gasteiger partial charge in [0.2, 0.25) is 5.91 Å². The smallest absolute Gasteiger partial charge is 0.237 e. The first kappa shape index (κ1) is 21.7. The molecular weight excluding hydrogens is 392 g/mol. The van der Waals surface area contributed by atoms with Crippen molar-refractivity contribution in [2.75, 3.05) is 39.4 Å². The molecular formula is C20H37ClN6O2. The van der Waals surface area contributed by atoms with Gasteiger partial charge in [-0.3, -0.25) is 30.5 Å². The summed E-state index contributed by atoms with van der Waals surface area (Å²) in [5.74, 6) is -0.333. The van der Waals surface area contributed by atoms with Crippen LogP contribution in [0.15, 0.2) is 0 Å². The average molecular weight is 429 g/mol. The number of hydrogen-bond acceptors (Lipinski definition) is 7. The lowest BCUT2D eigenvalue weighted by molar-refractivity contribution is -0.122. The number of ether oxygens (including phenoxy) is 1. The maximum atomic E-state index is 12.0. The van der Waals surface area contributed by atoms with Gasteiger partial charge in [-0.05, 0) is 32.1 Å². The highest BCUT2D eigenvalue weighted by Gasteiger charge is 2.39. The number of halogens is 1. The molecule has 0 aromatic rings. The number of carbonyl (C=O) groups is 1. The Labute approximate surface area is 179 Å². The number of carbonyl (C=O) groups excluding carboxylic acids is 1. The minimum atomic E-state index is -0.434. The SMILES string of the molecule is CCC1NC(C(N)=O)C(NC2CCC(N3CCN(C4COC4)CC3)CC2)NC1Cl. The molecule has 3 aliphatic heterocycles. The first-order valence-corrected chi connectivity index (χ1v) is 11.8. The van der Waals surface area contributed by atoms with Gasteiger partial charge >= 0.3 is 0 Å². The van der Waals surface area contributed by atoms with E-state index in [1.807, 2.05) is 0 Å². The third kappa shape index (κ3) is 5.06. The molecule has 4 fully saturated rings. The van der Waals surface area contributed by atoms with Crippen molar-refractivity contribution in [3.63, 3.8) is 0 Å². The molecule has 9 heteroatoms. The van der Waals surface area contributed by atoms with Crippen LogP contribution in [-0.4, -0.2) is 97.0 Å². The third-order valence-electron chi connectivity index (χ3n) is 7.28. The first-order chi connectivity index (χ1) is 14.0. The van der Waals surface area contributed by atoms with Crippen LogP contribution in [0.5, 0.6) is 0 Å². The molecule has 4 unspecified atom stereocenters. The van der Waals surface area contributed by atoms with Gasteiger partial charge in [-0.2, -0.15) is 0 Å². The number of nitrogens with two attached hydrogens (primary N) is 1. The predicted octanol–water partition coefficient (Wildman–Crippen LogP) is -0.380. The maximum Gasteiger partial charge on any atom is 0.237 e. The molecule has 29 heavy (non-hydrogen) atoms. The molecule has 4 rings (SSSR count). The van der Waals surface area contributed by atoms with Crippen LogP contribution in [0.25, 0.3) is 0 Å². The Morgan fingerprint density at radius 1 is 1.07 bits per heavy atom. The zero-order valence-corrected chi connectivity index (χ0v) is 18.2. The van der Waals surface area contributed by atoms with Gasteiger partial charge in [0.1, 0.15) is 6.04 Å². The largest absolute Gasteiger partial charge is 0.378 e. The molecule has 0 aromatic heterocycles. The van der Waals surface area contributed by atoms with Crippen molar-refractivity contribution >= 4 is 17.5 Å². The maximum absolute atomic E-state index is 12.0. The van der Waals surface area contributed by atoms with Gasteiger partial charge < -0.3 is 10.5 Å². The van der Waals surface area contributed by atoms with Crippen LogP contribution in [0.3, 0.4) is 0 Å². The minimum absolute atomic E-state index is 0.0492. The van der Waals surface area contributed by atoms with Gasteiger partial charge in [-0.15, -0.1) is 11.6 Å². The summed E-state index contributed by atoms with van der Waals surface area (Å²) in [6, 6.07) is 1.35. The van der Waals surface area contributed by atoms with Crippen molar-refractivity contribution in [2.45, 2.75) is 80.9 Å². The van der Waals surface area contributed by atoms with Crippen LogP contribution in [0, 0.1) is 0 Å². The number of nitrogens with zero attached hydrogens (tertiary/aromatic N) is 2. The number of amides is 1. The molecule has 1 amide bonds. The summed E-state index contributed by atoms with van der Waals surface area (Å²) in [4.78, 5) is 17.2. The third-order valence-corrected chi connectivity index (χ3v) is 7.71. The molecule has 4 aliphatic rings. The lowest BCUT2D eigenvalue weighted by Gasteiger charge is -2.46.